The summed E-state index contributed by atoms with van der Waals surface area (Å²) in [6.07, 6.45) is 5.51. The second kappa shape index (κ2) is 11.9. The van der Waals surface area contributed by atoms with Gasteiger partial charge in [-0.25, -0.2) is 0 Å². The van der Waals surface area contributed by atoms with Crippen LogP contribution in [0.5, 0.6) is 11.5 Å². The van der Waals surface area contributed by atoms with E-state index >= 15 is 0 Å². The van der Waals surface area contributed by atoms with Gasteiger partial charge in [-0.3, -0.25) is 4.99 Å². The summed E-state index contributed by atoms with van der Waals surface area (Å²) in [6, 6.07) is 13.6. The minimum absolute atomic E-state index is 0.380. The summed E-state index contributed by atoms with van der Waals surface area (Å²) in [6.45, 7) is 4.61. The Balaban J connectivity index is 0.000000878. The van der Waals surface area contributed by atoms with Crippen molar-refractivity contribution in [2.24, 2.45) is 16.8 Å². The molecule has 1 fully saturated rings. The number of phenolic OH excluding ortho intramolecular Hbond substituents is 1. The molecule has 2 atom stereocenters. The van der Waals surface area contributed by atoms with Crippen LogP contribution in [0.15, 0.2) is 47.5 Å². The molecule has 0 saturated heterocycles. The molecule has 3 nitrogen and oxygen atoms in total. The molecule has 1 aliphatic carbocycles. The van der Waals surface area contributed by atoms with E-state index in [4.69, 9.17) is 23.3 Å². The molecule has 0 radical (unpaired) electrons. The molecule has 0 aromatic heterocycles. The first-order valence-corrected chi connectivity index (χ1v) is 13.8. The van der Waals surface area contributed by atoms with Crippen LogP contribution in [0.25, 0.3) is 0 Å². The molecule has 1 N–H and O–H groups in total. The summed E-state index contributed by atoms with van der Waals surface area (Å²) in [5.74, 6) is 2.81. The minimum atomic E-state index is -0.556. The van der Waals surface area contributed by atoms with Gasteiger partial charge in [0.2, 0.25) is 0 Å². The topological polar surface area (TPSA) is 41.8 Å². The molecule has 0 aliphatic heterocycles. The van der Waals surface area contributed by atoms with Crippen LogP contribution in [0.1, 0.15) is 50.2 Å². The average molecular weight is 456 g/mol. The number of nitrogens with zero attached hydrogens (tertiary/aromatic N) is 1. The van der Waals surface area contributed by atoms with Gasteiger partial charge in [0.1, 0.15) is 11.5 Å². The third-order valence-corrected chi connectivity index (χ3v) is 5.43. The fourth-order valence-corrected chi connectivity index (χ4v) is 4.06. The van der Waals surface area contributed by atoms with Crippen molar-refractivity contribution in [2.75, 3.05) is 7.11 Å². The second-order valence-corrected chi connectivity index (χ2v) is 9.80. The molecule has 1 saturated carbocycles. The Hall–Kier alpha value is -0.996. The van der Waals surface area contributed by atoms with Crippen molar-refractivity contribution >= 4 is 30.5 Å². The summed E-state index contributed by atoms with van der Waals surface area (Å²) in [5.41, 5.74) is 2.68. The van der Waals surface area contributed by atoms with Gasteiger partial charge < -0.3 is 9.84 Å². The van der Waals surface area contributed by atoms with E-state index in [1.54, 1.807) is 13.3 Å². The zero-order valence-corrected chi connectivity index (χ0v) is 19.6. The number of hydrogen-bond acceptors (Lipinski definition) is 3. The van der Waals surface area contributed by atoms with Gasteiger partial charge in [-0.1, -0.05) is 45.2 Å². The van der Waals surface area contributed by atoms with Crippen LogP contribution in [0.2, 0.25) is 0 Å². The van der Waals surface area contributed by atoms with Crippen molar-refractivity contribution in [1.29, 1.82) is 0 Å². The number of aliphatic imine (C=N–C) groups is 1. The maximum atomic E-state index is 10.8. The number of para-hydroxylation sites is 1. The fourth-order valence-electron chi connectivity index (χ4n) is 4.06. The van der Waals surface area contributed by atoms with Gasteiger partial charge in [-0.15, -0.1) is 0 Å². The summed E-state index contributed by atoms with van der Waals surface area (Å²) >= 11 is -0.556. The van der Waals surface area contributed by atoms with E-state index in [1.807, 2.05) is 36.4 Å². The van der Waals surface area contributed by atoms with Crippen LogP contribution in [0.4, 0.5) is 5.69 Å². The standard InChI is InChI=1S/C22H27NO2.2ClH.Ti/c1-15-6-4-7-16(2)21(15)20-9-5-8-17(22(20)24)14-23-18-10-12-19(25-3)13-11-18;;;/h5,8-16,21,24H,4,6-7H2,1-3H3;2*1H;/q;;;+2/p-2. The average Bonchev–Trinajstić information content (AvgIpc) is 2.69. The van der Waals surface area contributed by atoms with Crippen molar-refractivity contribution in [2.45, 2.75) is 39.0 Å². The molecule has 3 rings (SSSR count). The van der Waals surface area contributed by atoms with E-state index in [2.05, 4.69) is 24.9 Å². The fraction of sp³-hybridized carbons (Fsp3) is 0.409. The predicted octanol–water partition coefficient (Wildman–Crippen LogP) is 7.07. The van der Waals surface area contributed by atoms with Gasteiger partial charge in [-0.05, 0) is 53.6 Å². The van der Waals surface area contributed by atoms with Gasteiger partial charge >= 0.3 is 35.6 Å². The number of benzene rings is 2. The van der Waals surface area contributed by atoms with Crippen LogP contribution in [-0.2, 0) is 17.0 Å². The number of halogens is 2. The van der Waals surface area contributed by atoms with Gasteiger partial charge in [0, 0.05) is 11.8 Å². The Morgan fingerprint density at radius 3 is 2.25 bits per heavy atom. The molecule has 150 valence electrons. The van der Waals surface area contributed by atoms with Crippen molar-refractivity contribution in [3.63, 3.8) is 0 Å². The number of hydrogen-bond donors (Lipinski definition) is 1. The van der Waals surface area contributed by atoms with Crippen molar-refractivity contribution < 1.29 is 26.9 Å². The third kappa shape index (κ3) is 6.25. The SMILES string of the molecule is COc1ccc(N=Cc2cccc(C3C(C)CCCC3C)c2O)cc1.[Cl][Ti][Cl]. The normalized spacial score (nSPS) is 21.7. The van der Waals surface area contributed by atoms with Gasteiger partial charge in [0.25, 0.3) is 0 Å². The second-order valence-electron chi connectivity index (χ2n) is 7.22. The van der Waals surface area contributed by atoms with Crippen molar-refractivity contribution in [1.82, 2.24) is 0 Å². The first kappa shape index (κ1) is 23.3. The Labute approximate surface area is 184 Å². The Kier molecular flexibility index (Phi) is 9.87. The summed E-state index contributed by atoms with van der Waals surface area (Å²) in [4.78, 5) is 4.50. The van der Waals surface area contributed by atoms with Crippen molar-refractivity contribution in [3.8, 4) is 11.5 Å². The third-order valence-electron chi connectivity index (χ3n) is 5.43. The number of methoxy groups -OCH3 is 1. The Morgan fingerprint density at radius 1 is 1.07 bits per heavy atom. The maximum absolute atomic E-state index is 10.8. The molecule has 0 heterocycles. The molecule has 6 heteroatoms. The van der Waals surface area contributed by atoms with Crippen molar-refractivity contribution in [3.05, 3.63) is 53.6 Å². The molecule has 2 aromatic carbocycles. The molecule has 0 spiro atoms. The molecule has 28 heavy (non-hydrogen) atoms. The summed E-state index contributed by atoms with van der Waals surface area (Å²) in [7, 11) is 11.4. The zero-order valence-electron chi connectivity index (χ0n) is 16.5. The van der Waals surface area contributed by atoms with E-state index < -0.39 is 17.0 Å². The van der Waals surface area contributed by atoms with Gasteiger partial charge in [0.15, 0.2) is 0 Å². The molecular formula is C22H27Cl2NO2Ti. The Morgan fingerprint density at radius 2 is 1.68 bits per heavy atom. The molecule has 2 unspecified atom stereocenters. The summed E-state index contributed by atoms with van der Waals surface area (Å²) in [5, 5.41) is 10.8. The van der Waals surface area contributed by atoms with Gasteiger partial charge in [0.05, 0.1) is 12.8 Å². The van der Waals surface area contributed by atoms with Crippen LogP contribution >= 0.6 is 18.6 Å². The van der Waals surface area contributed by atoms with Crippen LogP contribution in [0, 0.1) is 11.8 Å². The van der Waals surface area contributed by atoms with E-state index in [-0.39, 0.29) is 0 Å². The summed E-state index contributed by atoms with van der Waals surface area (Å²) < 4.78 is 5.16. The monoisotopic (exact) mass is 455 g/mol. The number of ether oxygens (including phenoxy) is 1. The molecule has 0 amide bonds. The first-order valence-electron chi connectivity index (χ1n) is 9.48. The number of aromatic hydroxyl groups is 1. The molecule has 0 bridgehead atoms. The first-order chi connectivity index (χ1) is 13.5. The number of rotatable bonds is 4. The van der Waals surface area contributed by atoms with Gasteiger partial charge in [-0.2, -0.15) is 0 Å². The molecule has 2 aromatic rings. The van der Waals surface area contributed by atoms with E-state index in [9.17, 15) is 5.11 Å². The van der Waals surface area contributed by atoms with Crippen LogP contribution in [-0.4, -0.2) is 18.4 Å². The number of phenols is 1. The van der Waals surface area contributed by atoms with E-state index in [0.29, 0.717) is 23.5 Å². The molecule has 1 aliphatic rings. The molecular weight excluding hydrogens is 429 g/mol. The Bertz CT molecular complexity index is 758. The van der Waals surface area contributed by atoms with E-state index in [1.165, 1.54) is 19.3 Å². The predicted molar refractivity (Wildman–Crippen MR) is 115 cm³/mol. The zero-order chi connectivity index (χ0) is 20.5. The van der Waals surface area contributed by atoms with E-state index in [0.717, 1.165) is 22.6 Å². The quantitative estimate of drug-likeness (QED) is 0.395. The van der Waals surface area contributed by atoms with Crippen LogP contribution < -0.4 is 4.74 Å². The van der Waals surface area contributed by atoms with Crippen LogP contribution in [0.3, 0.4) is 0 Å².